The van der Waals surface area contributed by atoms with E-state index in [1.54, 1.807) is 12.1 Å². The number of halogens is 1. The number of aromatic amines is 1. The molecule has 1 aromatic heterocycles. The van der Waals surface area contributed by atoms with Gasteiger partial charge in [-0.3, -0.25) is 4.79 Å². The number of H-pyrrole nitrogens is 1. The Morgan fingerprint density at radius 3 is 2.71 bits per heavy atom. The van der Waals surface area contributed by atoms with Gasteiger partial charge >= 0.3 is 0 Å². The second-order valence-electron chi connectivity index (χ2n) is 4.57. The number of carbonyl (C=O) groups excluding carboxylic acids is 1. The van der Waals surface area contributed by atoms with E-state index < -0.39 is 5.82 Å². The van der Waals surface area contributed by atoms with Crippen LogP contribution in [-0.4, -0.2) is 18.0 Å². The zero-order valence-electron chi connectivity index (χ0n) is 11.3. The molecule has 0 unspecified atom stereocenters. The fourth-order valence-corrected chi connectivity index (χ4v) is 2.14. The highest BCUT2D eigenvalue weighted by Gasteiger charge is 2.11. The van der Waals surface area contributed by atoms with Crippen molar-refractivity contribution >= 4 is 22.5 Å². The number of benzene rings is 2. The van der Waals surface area contributed by atoms with Gasteiger partial charge < -0.3 is 15.0 Å². The van der Waals surface area contributed by atoms with Crippen molar-refractivity contribution in [2.75, 3.05) is 12.4 Å². The molecule has 2 aromatic carbocycles. The summed E-state index contributed by atoms with van der Waals surface area (Å²) >= 11 is 0. The van der Waals surface area contributed by atoms with Gasteiger partial charge in [0.15, 0.2) is 11.6 Å². The molecule has 21 heavy (non-hydrogen) atoms. The standard InChI is InChI=1S/C16H13FN2O2/c1-21-15-7-6-11(9-12(15)17)18-16(20)14-8-10-4-2-3-5-13(10)19-14/h2-9,19H,1H3,(H,18,20). The Balaban J connectivity index is 1.84. The fraction of sp³-hybridized carbons (Fsp3) is 0.0625. The monoisotopic (exact) mass is 284 g/mol. The van der Waals surface area contributed by atoms with Crippen LogP contribution >= 0.6 is 0 Å². The minimum atomic E-state index is -0.521. The molecule has 0 saturated heterocycles. The van der Waals surface area contributed by atoms with Crippen molar-refractivity contribution in [1.29, 1.82) is 0 Å². The van der Waals surface area contributed by atoms with Gasteiger partial charge in [-0.05, 0) is 24.3 Å². The highest BCUT2D eigenvalue weighted by molar-refractivity contribution is 6.05. The SMILES string of the molecule is COc1ccc(NC(=O)c2cc3ccccc3[nH]2)cc1F. The Morgan fingerprint density at radius 1 is 1.19 bits per heavy atom. The van der Waals surface area contributed by atoms with Gasteiger partial charge in [-0.25, -0.2) is 4.39 Å². The molecule has 0 aliphatic carbocycles. The van der Waals surface area contributed by atoms with Crippen LogP contribution in [0.5, 0.6) is 5.75 Å². The maximum absolute atomic E-state index is 13.6. The average molecular weight is 284 g/mol. The second-order valence-corrected chi connectivity index (χ2v) is 4.57. The largest absolute Gasteiger partial charge is 0.494 e. The van der Waals surface area contributed by atoms with Gasteiger partial charge in [-0.1, -0.05) is 18.2 Å². The Bertz CT molecular complexity index is 778. The number of amides is 1. The lowest BCUT2D eigenvalue weighted by atomic mass is 10.2. The number of hydrogen-bond acceptors (Lipinski definition) is 2. The molecule has 0 radical (unpaired) electrons. The van der Waals surface area contributed by atoms with E-state index in [4.69, 9.17) is 4.74 Å². The molecule has 1 amide bonds. The highest BCUT2D eigenvalue weighted by Crippen LogP contribution is 2.21. The van der Waals surface area contributed by atoms with Crippen LogP contribution < -0.4 is 10.1 Å². The van der Waals surface area contributed by atoms with Gasteiger partial charge in [0.1, 0.15) is 5.69 Å². The number of nitrogens with one attached hydrogen (secondary N) is 2. The van der Waals surface area contributed by atoms with Gasteiger partial charge in [-0.15, -0.1) is 0 Å². The van der Waals surface area contributed by atoms with Crippen molar-refractivity contribution in [3.8, 4) is 5.75 Å². The van der Waals surface area contributed by atoms with E-state index in [2.05, 4.69) is 10.3 Å². The van der Waals surface area contributed by atoms with Crippen LogP contribution in [0.1, 0.15) is 10.5 Å². The molecule has 0 bridgehead atoms. The molecule has 5 heteroatoms. The van der Waals surface area contributed by atoms with Crippen LogP contribution in [0.15, 0.2) is 48.5 Å². The summed E-state index contributed by atoms with van der Waals surface area (Å²) in [5.74, 6) is -0.707. The zero-order valence-corrected chi connectivity index (χ0v) is 11.3. The van der Waals surface area contributed by atoms with Crippen molar-refractivity contribution in [3.63, 3.8) is 0 Å². The summed E-state index contributed by atoms with van der Waals surface area (Å²) in [6, 6.07) is 13.6. The van der Waals surface area contributed by atoms with Crippen molar-refractivity contribution in [2.24, 2.45) is 0 Å². The van der Waals surface area contributed by atoms with Crippen molar-refractivity contribution < 1.29 is 13.9 Å². The number of para-hydroxylation sites is 1. The first-order chi connectivity index (χ1) is 10.2. The summed E-state index contributed by atoms with van der Waals surface area (Å²) in [5, 5.41) is 3.59. The molecule has 4 nitrogen and oxygen atoms in total. The number of hydrogen-bond donors (Lipinski definition) is 2. The highest BCUT2D eigenvalue weighted by atomic mass is 19.1. The van der Waals surface area contributed by atoms with Crippen molar-refractivity contribution in [2.45, 2.75) is 0 Å². The van der Waals surface area contributed by atoms with Crippen LogP contribution in [-0.2, 0) is 0 Å². The third-order valence-corrected chi connectivity index (χ3v) is 3.18. The van der Waals surface area contributed by atoms with Crippen LogP contribution in [0.4, 0.5) is 10.1 Å². The van der Waals surface area contributed by atoms with E-state index in [1.807, 2.05) is 24.3 Å². The van der Waals surface area contributed by atoms with Gasteiger partial charge in [0.25, 0.3) is 5.91 Å². The first kappa shape index (κ1) is 13.2. The zero-order chi connectivity index (χ0) is 14.8. The minimum Gasteiger partial charge on any atom is -0.494 e. The lowest BCUT2D eigenvalue weighted by Gasteiger charge is -2.06. The number of ether oxygens (including phenoxy) is 1. The Hall–Kier alpha value is -2.82. The summed E-state index contributed by atoms with van der Waals surface area (Å²) < 4.78 is 18.4. The second kappa shape index (κ2) is 5.28. The summed E-state index contributed by atoms with van der Waals surface area (Å²) in [7, 11) is 1.39. The first-order valence-electron chi connectivity index (χ1n) is 6.40. The van der Waals surface area contributed by atoms with Crippen LogP contribution in [0.2, 0.25) is 0 Å². The maximum atomic E-state index is 13.6. The summed E-state index contributed by atoms with van der Waals surface area (Å²) in [6.07, 6.45) is 0. The van der Waals surface area contributed by atoms with E-state index in [9.17, 15) is 9.18 Å². The molecule has 0 fully saturated rings. The number of carbonyl (C=O) groups is 1. The summed E-state index contributed by atoms with van der Waals surface area (Å²) in [4.78, 5) is 15.2. The van der Waals surface area contributed by atoms with E-state index in [1.165, 1.54) is 19.2 Å². The number of anilines is 1. The number of fused-ring (bicyclic) bond motifs is 1. The molecular formula is C16H13FN2O2. The predicted octanol–water partition coefficient (Wildman–Crippen LogP) is 3.57. The Kier molecular flexibility index (Phi) is 3.31. The number of aromatic nitrogens is 1. The molecule has 0 aliphatic rings. The summed E-state index contributed by atoms with van der Waals surface area (Å²) in [5.41, 5.74) is 1.67. The topological polar surface area (TPSA) is 54.1 Å². The van der Waals surface area contributed by atoms with Crippen LogP contribution in [0.3, 0.4) is 0 Å². The molecule has 0 aliphatic heterocycles. The average Bonchev–Trinajstić information content (AvgIpc) is 2.91. The molecule has 1 heterocycles. The van der Waals surface area contributed by atoms with E-state index in [0.717, 1.165) is 10.9 Å². The number of methoxy groups -OCH3 is 1. The summed E-state index contributed by atoms with van der Waals surface area (Å²) in [6.45, 7) is 0. The lowest BCUT2D eigenvalue weighted by Crippen LogP contribution is -2.12. The van der Waals surface area contributed by atoms with Crippen LogP contribution in [0, 0.1) is 5.82 Å². The third-order valence-electron chi connectivity index (χ3n) is 3.18. The van der Waals surface area contributed by atoms with Crippen molar-refractivity contribution in [3.05, 3.63) is 60.0 Å². The van der Waals surface area contributed by atoms with Crippen molar-refractivity contribution in [1.82, 2.24) is 4.98 Å². The van der Waals surface area contributed by atoms with Gasteiger partial charge in [0, 0.05) is 22.7 Å². The lowest BCUT2D eigenvalue weighted by molar-refractivity contribution is 0.102. The Labute approximate surface area is 120 Å². The normalized spacial score (nSPS) is 10.6. The van der Waals surface area contributed by atoms with E-state index >= 15 is 0 Å². The number of rotatable bonds is 3. The molecule has 3 aromatic rings. The van der Waals surface area contributed by atoms with Crippen LogP contribution in [0.25, 0.3) is 10.9 Å². The minimum absolute atomic E-state index is 0.138. The quantitative estimate of drug-likeness (QED) is 0.772. The van der Waals surface area contributed by atoms with Gasteiger partial charge in [0.05, 0.1) is 7.11 Å². The molecule has 3 rings (SSSR count). The first-order valence-corrected chi connectivity index (χ1v) is 6.40. The molecule has 106 valence electrons. The molecular weight excluding hydrogens is 271 g/mol. The molecule has 0 atom stereocenters. The Morgan fingerprint density at radius 2 is 2.00 bits per heavy atom. The fourth-order valence-electron chi connectivity index (χ4n) is 2.14. The maximum Gasteiger partial charge on any atom is 0.272 e. The molecule has 2 N–H and O–H groups in total. The molecule has 0 saturated carbocycles. The predicted molar refractivity (Wildman–Crippen MR) is 79.2 cm³/mol. The smallest absolute Gasteiger partial charge is 0.272 e. The van der Waals surface area contributed by atoms with E-state index in [-0.39, 0.29) is 11.7 Å². The van der Waals surface area contributed by atoms with Gasteiger partial charge in [0.2, 0.25) is 0 Å². The molecule has 0 spiro atoms. The van der Waals surface area contributed by atoms with Gasteiger partial charge in [-0.2, -0.15) is 0 Å². The third kappa shape index (κ3) is 2.58. The van der Waals surface area contributed by atoms with E-state index in [0.29, 0.717) is 11.4 Å².